The Bertz CT molecular complexity index is 652. The maximum Gasteiger partial charge on any atom is 0.226 e. The summed E-state index contributed by atoms with van der Waals surface area (Å²) in [4.78, 5) is 12.2. The third-order valence-electron chi connectivity index (χ3n) is 3.18. The number of hydrogen-bond donors (Lipinski definition) is 1. The van der Waals surface area contributed by atoms with Gasteiger partial charge in [0, 0.05) is 25.2 Å². The summed E-state index contributed by atoms with van der Waals surface area (Å²) in [5.41, 5.74) is 1.56. The standard InChI is InChI=1S/C17H23N3O3/c1-4-22-14-6-7-16(23-5-2)15(12-14)18-17(21)9-11-20-10-8-13(3)19-20/h6-8,10,12H,4-5,9,11H2,1-3H3,(H,18,21). The van der Waals surface area contributed by atoms with E-state index in [1.165, 1.54) is 0 Å². The van der Waals surface area contributed by atoms with E-state index in [4.69, 9.17) is 9.47 Å². The van der Waals surface area contributed by atoms with Crippen LogP contribution in [0.15, 0.2) is 30.5 Å². The molecule has 0 fully saturated rings. The molecule has 1 aromatic heterocycles. The number of nitrogens with zero attached hydrogens (tertiary/aromatic N) is 2. The topological polar surface area (TPSA) is 65.4 Å². The van der Waals surface area contributed by atoms with Crippen molar-refractivity contribution >= 4 is 11.6 Å². The molecular formula is C17H23N3O3. The first kappa shape index (κ1) is 16.9. The molecule has 1 heterocycles. The van der Waals surface area contributed by atoms with Crippen LogP contribution in [0.2, 0.25) is 0 Å². The largest absolute Gasteiger partial charge is 0.494 e. The average Bonchev–Trinajstić information content (AvgIpc) is 2.94. The van der Waals surface area contributed by atoms with Crippen LogP contribution in [0.4, 0.5) is 5.69 Å². The van der Waals surface area contributed by atoms with Crippen LogP contribution in [0.5, 0.6) is 11.5 Å². The lowest BCUT2D eigenvalue weighted by Crippen LogP contribution is -2.15. The molecule has 2 rings (SSSR count). The van der Waals surface area contributed by atoms with Crippen molar-refractivity contribution in [1.82, 2.24) is 9.78 Å². The minimum Gasteiger partial charge on any atom is -0.494 e. The predicted octanol–water partition coefficient (Wildman–Crippen LogP) is 3.02. The molecule has 0 saturated carbocycles. The first-order chi connectivity index (χ1) is 11.1. The van der Waals surface area contributed by atoms with Gasteiger partial charge in [0.2, 0.25) is 5.91 Å². The first-order valence-electron chi connectivity index (χ1n) is 7.82. The molecule has 0 aliphatic rings. The SMILES string of the molecule is CCOc1ccc(OCC)c(NC(=O)CCn2ccc(C)n2)c1. The van der Waals surface area contributed by atoms with Gasteiger partial charge >= 0.3 is 0 Å². The Morgan fingerprint density at radius 1 is 1.22 bits per heavy atom. The van der Waals surface area contributed by atoms with E-state index in [9.17, 15) is 4.79 Å². The molecule has 0 aliphatic carbocycles. The molecule has 0 spiro atoms. The van der Waals surface area contributed by atoms with Crippen molar-refractivity contribution in [3.8, 4) is 11.5 Å². The Morgan fingerprint density at radius 3 is 2.65 bits per heavy atom. The van der Waals surface area contributed by atoms with Crippen LogP contribution < -0.4 is 14.8 Å². The number of aryl methyl sites for hydroxylation is 2. The highest BCUT2D eigenvalue weighted by molar-refractivity contribution is 5.92. The van der Waals surface area contributed by atoms with Gasteiger partial charge in [0.25, 0.3) is 0 Å². The predicted molar refractivity (Wildman–Crippen MR) is 89.0 cm³/mol. The number of anilines is 1. The third kappa shape index (κ3) is 5.02. The minimum absolute atomic E-state index is 0.0900. The van der Waals surface area contributed by atoms with Crippen molar-refractivity contribution in [2.45, 2.75) is 33.7 Å². The zero-order valence-electron chi connectivity index (χ0n) is 13.8. The Hall–Kier alpha value is -2.50. The quantitative estimate of drug-likeness (QED) is 0.813. The number of amides is 1. The van der Waals surface area contributed by atoms with Crippen molar-refractivity contribution in [3.63, 3.8) is 0 Å². The average molecular weight is 317 g/mol. The number of hydrogen-bond acceptors (Lipinski definition) is 4. The lowest BCUT2D eigenvalue weighted by molar-refractivity contribution is -0.116. The van der Waals surface area contributed by atoms with Crippen molar-refractivity contribution in [1.29, 1.82) is 0 Å². The fraction of sp³-hybridized carbons (Fsp3) is 0.412. The first-order valence-corrected chi connectivity index (χ1v) is 7.82. The lowest BCUT2D eigenvalue weighted by atomic mass is 10.2. The smallest absolute Gasteiger partial charge is 0.226 e. The lowest BCUT2D eigenvalue weighted by Gasteiger charge is -2.13. The molecule has 0 saturated heterocycles. The van der Waals surface area contributed by atoms with Gasteiger partial charge in [-0.1, -0.05) is 0 Å². The molecule has 1 amide bonds. The number of rotatable bonds is 8. The summed E-state index contributed by atoms with van der Waals surface area (Å²) in [6.07, 6.45) is 2.20. The molecule has 23 heavy (non-hydrogen) atoms. The molecule has 0 aliphatic heterocycles. The van der Waals surface area contributed by atoms with Crippen LogP contribution in [-0.2, 0) is 11.3 Å². The summed E-state index contributed by atoms with van der Waals surface area (Å²) in [6, 6.07) is 7.33. The van der Waals surface area contributed by atoms with Gasteiger partial charge in [-0.3, -0.25) is 9.48 Å². The van der Waals surface area contributed by atoms with E-state index in [1.807, 2.05) is 39.1 Å². The van der Waals surface area contributed by atoms with E-state index in [-0.39, 0.29) is 5.91 Å². The summed E-state index contributed by atoms with van der Waals surface area (Å²) in [5.74, 6) is 1.25. The third-order valence-corrected chi connectivity index (χ3v) is 3.18. The number of ether oxygens (including phenoxy) is 2. The zero-order valence-corrected chi connectivity index (χ0v) is 13.8. The van der Waals surface area contributed by atoms with Gasteiger partial charge < -0.3 is 14.8 Å². The van der Waals surface area contributed by atoms with Crippen LogP contribution >= 0.6 is 0 Å². The summed E-state index contributed by atoms with van der Waals surface area (Å²) in [5, 5.41) is 7.15. The van der Waals surface area contributed by atoms with Crippen LogP contribution in [-0.4, -0.2) is 28.9 Å². The van der Waals surface area contributed by atoms with E-state index in [1.54, 1.807) is 16.8 Å². The Kier molecular flexibility index (Phi) is 6.02. The fourth-order valence-corrected chi connectivity index (χ4v) is 2.16. The van der Waals surface area contributed by atoms with Gasteiger partial charge in [-0.05, 0) is 39.0 Å². The molecule has 1 aromatic carbocycles. The van der Waals surface area contributed by atoms with Crippen molar-refractivity contribution in [2.24, 2.45) is 0 Å². The molecule has 0 radical (unpaired) electrons. The molecule has 2 aromatic rings. The van der Waals surface area contributed by atoms with Gasteiger partial charge in [0.15, 0.2) is 0 Å². The maximum absolute atomic E-state index is 12.2. The molecule has 6 heteroatoms. The van der Waals surface area contributed by atoms with E-state index in [0.29, 0.717) is 43.4 Å². The zero-order chi connectivity index (χ0) is 16.7. The Morgan fingerprint density at radius 2 is 2.00 bits per heavy atom. The monoisotopic (exact) mass is 317 g/mol. The molecule has 0 unspecified atom stereocenters. The number of aromatic nitrogens is 2. The van der Waals surface area contributed by atoms with E-state index < -0.39 is 0 Å². The molecule has 0 atom stereocenters. The molecule has 6 nitrogen and oxygen atoms in total. The second kappa shape index (κ2) is 8.22. The molecule has 0 bridgehead atoms. The van der Waals surface area contributed by atoms with Crippen molar-refractivity contribution < 1.29 is 14.3 Å². The second-order valence-electron chi connectivity index (χ2n) is 5.04. The van der Waals surface area contributed by atoms with E-state index >= 15 is 0 Å². The number of benzene rings is 1. The molecule has 1 N–H and O–H groups in total. The highest BCUT2D eigenvalue weighted by atomic mass is 16.5. The van der Waals surface area contributed by atoms with Crippen LogP contribution in [0.1, 0.15) is 26.0 Å². The van der Waals surface area contributed by atoms with Gasteiger partial charge in [-0.2, -0.15) is 5.10 Å². The van der Waals surface area contributed by atoms with Crippen LogP contribution in [0, 0.1) is 6.92 Å². The molecular weight excluding hydrogens is 294 g/mol. The van der Waals surface area contributed by atoms with Gasteiger partial charge in [0.1, 0.15) is 11.5 Å². The number of carbonyl (C=O) groups is 1. The number of carbonyl (C=O) groups excluding carboxylic acids is 1. The summed E-state index contributed by atoms with van der Waals surface area (Å²) >= 11 is 0. The van der Waals surface area contributed by atoms with Crippen LogP contribution in [0.25, 0.3) is 0 Å². The second-order valence-corrected chi connectivity index (χ2v) is 5.04. The van der Waals surface area contributed by atoms with Crippen molar-refractivity contribution in [3.05, 3.63) is 36.2 Å². The number of nitrogens with one attached hydrogen (secondary N) is 1. The minimum atomic E-state index is -0.0900. The Labute approximate surface area is 136 Å². The van der Waals surface area contributed by atoms with Gasteiger partial charge in [0.05, 0.1) is 24.6 Å². The van der Waals surface area contributed by atoms with Crippen LogP contribution in [0.3, 0.4) is 0 Å². The van der Waals surface area contributed by atoms with Crippen molar-refractivity contribution in [2.75, 3.05) is 18.5 Å². The highest BCUT2D eigenvalue weighted by Crippen LogP contribution is 2.29. The maximum atomic E-state index is 12.2. The summed E-state index contributed by atoms with van der Waals surface area (Å²) in [7, 11) is 0. The van der Waals surface area contributed by atoms with E-state index in [2.05, 4.69) is 10.4 Å². The fourth-order valence-electron chi connectivity index (χ4n) is 2.16. The summed E-state index contributed by atoms with van der Waals surface area (Å²) < 4.78 is 12.8. The highest BCUT2D eigenvalue weighted by Gasteiger charge is 2.10. The van der Waals surface area contributed by atoms with Gasteiger partial charge in [-0.25, -0.2) is 0 Å². The van der Waals surface area contributed by atoms with E-state index in [0.717, 1.165) is 5.69 Å². The Balaban J connectivity index is 2.01. The van der Waals surface area contributed by atoms with Gasteiger partial charge in [-0.15, -0.1) is 0 Å². The summed E-state index contributed by atoms with van der Waals surface area (Å²) in [6.45, 7) is 7.38. The molecule has 124 valence electrons. The normalized spacial score (nSPS) is 10.4.